The van der Waals surface area contributed by atoms with Crippen LogP contribution in [0.5, 0.6) is 0 Å². The van der Waals surface area contributed by atoms with E-state index < -0.39 is 5.54 Å². The maximum absolute atomic E-state index is 12.9. The third-order valence-corrected chi connectivity index (χ3v) is 4.42. The van der Waals surface area contributed by atoms with Gasteiger partial charge >= 0.3 is 0 Å². The van der Waals surface area contributed by atoms with Crippen LogP contribution in [0.25, 0.3) is 0 Å². The molecule has 0 bridgehead atoms. The summed E-state index contributed by atoms with van der Waals surface area (Å²) < 4.78 is 0. The Morgan fingerprint density at radius 2 is 2.19 bits per heavy atom. The minimum Gasteiger partial charge on any atom is -0.337 e. The molecule has 4 nitrogen and oxygen atoms in total. The number of benzene rings is 1. The SMILES string of the molecule is CCN(Cc1ccccc1C#N)C(=O)C1(CC)CCCN1. The van der Waals surface area contributed by atoms with Gasteiger partial charge in [0.25, 0.3) is 0 Å². The van der Waals surface area contributed by atoms with Crippen molar-refractivity contribution >= 4 is 5.91 Å². The van der Waals surface area contributed by atoms with E-state index in [2.05, 4.69) is 18.3 Å². The van der Waals surface area contributed by atoms with Crippen LogP contribution in [0, 0.1) is 11.3 Å². The van der Waals surface area contributed by atoms with Crippen LogP contribution in [0.1, 0.15) is 44.2 Å². The molecule has 1 aliphatic rings. The minimum absolute atomic E-state index is 0.165. The predicted molar refractivity (Wildman–Crippen MR) is 82.5 cm³/mol. The Kier molecular flexibility index (Phi) is 4.98. The highest BCUT2D eigenvalue weighted by Crippen LogP contribution is 2.26. The molecule has 2 rings (SSSR count). The third kappa shape index (κ3) is 3.08. The van der Waals surface area contributed by atoms with Gasteiger partial charge in [0.1, 0.15) is 0 Å². The molecule has 1 heterocycles. The van der Waals surface area contributed by atoms with E-state index in [0.717, 1.165) is 31.4 Å². The van der Waals surface area contributed by atoms with Crippen molar-refractivity contribution in [2.75, 3.05) is 13.1 Å². The quantitative estimate of drug-likeness (QED) is 0.904. The first-order valence-electron chi connectivity index (χ1n) is 7.69. The van der Waals surface area contributed by atoms with Crippen LogP contribution in [0.2, 0.25) is 0 Å². The van der Waals surface area contributed by atoms with Gasteiger partial charge in [-0.15, -0.1) is 0 Å². The van der Waals surface area contributed by atoms with E-state index in [9.17, 15) is 10.1 Å². The van der Waals surface area contributed by atoms with Gasteiger partial charge in [0.15, 0.2) is 0 Å². The molecular formula is C17H23N3O. The average molecular weight is 285 g/mol. The highest BCUT2D eigenvalue weighted by molar-refractivity contribution is 5.86. The summed E-state index contributed by atoms with van der Waals surface area (Å²) >= 11 is 0. The van der Waals surface area contributed by atoms with Crippen molar-refractivity contribution in [2.24, 2.45) is 0 Å². The zero-order valence-corrected chi connectivity index (χ0v) is 12.9. The third-order valence-electron chi connectivity index (χ3n) is 4.42. The van der Waals surface area contributed by atoms with Gasteiger partial charge in [-0.25, -0.2) is 0 Å². The lowest BCUT2D eigenvalue weighted by Crippen LogP contribution is -2.54. The van der Waals surface area contributed by atoms with E-state index in [0.29, 0.717) is 18.7 Å². The first kappa shape index (κ1) is 15.5. The number of rotatable bonds is 5. The molecule has 1 atom stereocenters. The maximum Gasteiger partial charge on any atom is 0.243 e. The molecule has 4 heteroatoms. The van der Waals surface area contributed by atoms with Crippen LogP contribution >= 0.6 is 0 Å². The van der Waals surface area contributed by atoms with Crippen LogP contribution in [-0.2, 0) is 11.3 Å². The van der Waals surface area contributed by atoms with Crippen molar-refractivity contribution in [3.63, 3.8) is 0 Å². The van der Waals surface area contributed by atoms with Gasteiger partial charge in [-0.05, 0) is 44.4 Å². The lowest BCUT2D eigenvalue weighted by Gasteiger charge is -2.33. The number of nitrogens with zero attached hydrogens (tertiary/aromatic N) is 2. The minimum atomic E-state index is -0.405. The number of amides is 1. The zero-order chi connectivity index (χ0) is 15.3. The molecule has 1 amide bonds. The molecule has 1 unspecified atom stereocenters. The summed E-state index contributed by atoms with van der Waals surface area (Å²) in [5.74, 6) is 0.165. The second kappa shape index (κ2) is 6.73. The monoisotopic (exact) mass is 285 g/mol. The molecule has 0 radical (unpaired) electrons. The molecule has 1 fully saturated rings. The number of hydrogen-bond acceptors (Lipinski definition) is 3. The highest BCUT2D eigenvalue weighted by atomic mass is 16.2. The molecule has 0 saturated carbocycles. The molecule has 1 N–H and O–H groups in total. The zero-order valence-electron chi connectivity index (χ0n) is 12.9. The summed E-state index contributed by atoms with van der Waals surface area (Å²) in [5.41, 5.74) is 1.16. The Morgan fingerprint density at radius 1 is 1.43 bits per heavy atom. The smallest absolute Gasteiger partial charge is 0.243 e. The molecule has 0 spiro atoms. The predicted octanol–water partition coefficient (Wildman–Crippen LogP) is 2.44. The van der Waals surface area contributed by atoms with E-state index in [1.807, 2.05) is 30.0 Å². The summed E-state index contributed by atoms with van der Waals surface area (Å²) in [5, 5.41) is 12.6. The van der Waals surface area contributed by atoms with E-state index in [1.165, 1.54) is 0 Å². The van der Waals surface area contributed by atoms with Crippen molar-refractivity contribution in [1.82, 2.24) is 10.2 Å². The van der Waals surface area contributed by atoms with Crippen molar-refractivity contribution < 1.29 is 4.79 Å². The molecule has 1 aliphatic heterocycles. The second-order valence-corrected chi connectivity index (χ2v) is 5.55. The summed E-state index contributed by atoms with van der Waals surface area (Å²) in [7, 11) is 0. The summed E-state index contributed by atoms with van der Waals surface area (Å²) in [6.45, 7) is 6.12. The fourth-order valence-electron chi connectivity index (χ4n) is 3.04. The normalized spacial score (nSPS) is 21.0. The molecule has 112 valence electrons. The first-order chi connectivity index (χ1) is 10.2. The van der Waals surface area contributed by atoms with Crippen molar-refractivity contribution in [2.45, 2.75) is 45.2 Å². The molecule has 1 aromatic rings. The largest absolute Gasteiger partial charge is 0.337 e. The molecule has 0 aliphatic carbocycles. The van der Waals surface area contributed by atoms with Crippen LogP contribution in [0.4, 0.5) is 0 Å². The molecule has 0 aromatic heterocycles. The number of carbonyl (C=O) groups is 1. The maximum atomic E-state index is 12.9. The number of hydrogen-bond donors (Lipinski definition) is 1. The summed E-state index contributed by atoms with van der Waals surface area (Å²) in [6, 6.07) is 9.70. The van der Waals surface area contributed by atoms with Gasteiger partial charge in [-0.1, -0.05) is 25.1 Å². The number of nitrogens with one attached hydrogen (secondary N) is 1. The van der Waals surface area contributed by atoms with Gasteiger partial charge in [0.2, 0.25) is 5.91 Å². The van der Waals surface area contributed by atoms with Crippen molar-refractivity contribution in [1.29, 1.82) is 5.26 Å². The Bertz CT molecular complexity index is 541. The van der Waals surface area contributed by atoms with E-state index in [4.69, 9.17) is 0 Å². The summed E-state index contributed by atoms with van der Waals surface area (Å²) in [4.78, 5) is 14.8. The topological polar surface area (TPSA) is 56.1 Å². The Morgan fingerprint density at radius 3 is 2.76 bits per heavy atom. The molecule has 21 heavy (non-hydrogen) atoms. The Labute approximate surface area is 126 Å². The van der Waals surface area contributed by atoms with Gasteiger partial charge in [0.05, 0.1) is 17.2 Å². The fourth-order valence-corrected chi connectivity index (χ4v) is 3.04. The lowest BCUT2D eigenvalue weighted by molar-refractivity contribution is -0.138. The molecule has 1 aromatic carbocycles. The number of likely N-dealkylation sites (N-methyl/N-ethyl adjacent to an activating group) is 1. The van der Waals surface area contributed by atoms with Crippen LogP contribution in [0.3, 0.4) is 0 Å². The van der Waals surface area contributed by atoms with Crippen molar-refractivity contribution in [3.05, 3.63) is 35.4 Å². The Balaban J connectivity index is 2.20. The summed E-state index contributed by atoms with van der Waals surface area (Å²) in [6.07, 6.45) is 2.76. The van der Waals surface area contributed by atoms with Crippen LogP contribution in [0.15, 0.2) is 24.3 Å². The highest BCUT2D eigenvalue weighted by Gasteiger charge is 2.41. The Hall–Kier alpha value is -1.86. The van der Waals surface area contributed by atoms with Gasteiger partial charge in [-0.2, -0.15) is 5.26 Å². The van der Waals surface area contributed by atoms with E-state index in [1.54, 1.807) is 6.07 Å². The van der Waals surface area contributed by atoms with Crippen LogP contribution < -0.4 is 5.32 Å². The fraction of sp³-hybridized carbons (Fsp3) is 0.529. The average Bonchev–Trinajstić information content (AvgIpc) is 3.02. The van der Waals surface area contributed by atoms with Gasteiger partial charge in [-0.3, -0.25) is 4.79 Å². The van der Waals surface area contributed by atoms with Crippen molar-refractivity contribution in [3.8, 4) is 6.07 Å². The van der Waals surface area contributed by atoms with Crippen LogP contribution in [-0.4, -0.2) is 29.4 Å². The lowest BCUT2D eigenvalue weighted by atomic mass is 9.92. The number of carbonyl (C=O) groups excluding carboxylic acids is 1. The second-order valence-electron chi connectivity index (χ2n) is 5.55. The molecular weight excluding hydrogens is 262 g/mol. The first-order valence-corrected chi connectivity index (χ1v) is 7.69. The van der Waals surface area contributed by atoms with Gasteiger partial charge in [0, 0.05) is 13.1 Å². The molecule has 1 saturated heterocycles. The van der Waals surface area contributed by atoms with E-state index >= 15 is 0 Å². The van der Waals surface area contributed by atoms with Gasteiger partial charge < -0.3 is 10.2 Å². The standard InChI is InChI=1S/C17H23N3O/c1-3-17(10-7-11-19-17)16(21)20(4-2)13-15-9-6-5-8-14(15)12-18/h5-6,8-9,19H,3-4,7,10-11,13H2,1-2H3. The number of nitriles is 1. The van der Waals surface area contributed by atoms with E-state index in [-0.39, 0.29) is 5.91 Å².